The first kappa shape index (κ1) is 17.8. The molecule has 0 bridgehead atoms. The molecule has 0 radical (unpaired) electrons. The van der Waals surface area contributed by atoms with E-state index in [0.29, 0.717) is 12.6 Å². The summed E-state index contributed by atoms with van der Waals surface area (Å²) in [6.07, 6.45) is 2.16. The monoisotopic (exact) mass is 319 g/mol. The fraction of sp³-hybridized carbons (Fsp3) is 0.611. The quantitative estimate of drug-likeness (QED) is 0.624. The number of urea groups is 1. The van der Waals surface area contributed by atoms with Gasteiger partial charge in [0.25, 0.3) is 0 Å². The van der Waals surface area contributed by atoms with E-state index in [4.69, 9.17) is 0 Å². The fourth-order valence-corrected chi connectivity index (χ4v) is 2.12. The van der Waals surface area contributed by atoms with Crippen LogP contribution in [0.25, 0.3) is 0 Å². The third-order valence-electron chi connectivity index (χ3n) is 4.59. The van der Waals surface area contributed by atoms with Gasteiger partial charge in [0, 0.05) is 24.3 Å². The minimum atomic E-state index is -0.726. The van der Waals surface area contributed by atoms with Gasteiger partial charge in [0.2, 0.25) is 0 Å². The second-order valence-electron chi connectivity index (χ2n) is 7.11. The van der Waals surface area contributed by atoms with Crippen molar-refractivity contribution in [2.75, 3.05) is 11.9 Å². The number of hydrogen-bond acceptors (Lipinski definition) is 3. The van der Waals surface area contributed by atoms with Gasteiger partial charge >= 0.3 is 6.03 Å². The second kappa shape index (κ2) is 7.32. The number of hydrogen-bond donors (Lipinski definition) is 4. The Labute approximate surface area is 138 Å². The van der Waals surface area contributed by atoms with Crippen molar-refractivity contribution in [3.8, 4) is 0 Å². The molecule has 128 valence electrons. The molecule has 2 amide bonds. The van der Waals surface area contributed by atoms with Crippen molar-refractivity contribution in [1.29, 1.82) is 0 Å². The molecule has 1 fully saturated rings. The summed E-state index contributed by atoms with van der Waals surface area (Å²) in [6.45, 7) is 8.48. The van der Waals surface area contributed by atoms with Crippen LogP contribution in [0.5, 0.6) is 0 Å². The molecular formula is C18H29N3O2. The van der Waals surface area contributed by atoms with Crippen LogP contribution < -0.4 is 16.0 Å². The summed E-state index contributed by atoms with van der Waals surface area (Å²) < 4.78 is 0. The largest absolute Gasteiger partial charge is 0.389 e. The van der Waals surface area contributed by atoms with E-state index in [1.54, 1.807) is 0 Å². The lowest BCUT2D eigenvalue weighted by atomic mass is 9.92. The Morgan fingerprint density at radius 2 is 1.87 bits per heavy atom. The molecule has 0 aliphatic heterocycles. The van der Waals surface area contributed by atoms with E-state index in [9.17, 15) is 9.90 Å². The molecule has 23 heavy (non-hydrogen) atoms. The van der Waals surface area contributed by atoms with E-state index in [2.05, 4.69) is 22.9 Å². The zero-order valence-corrected chi connectivity index (χ0v) is 14.5. The standard InChI is InChI=1S/C18H29N3O2/c1-12(2)18(4,23)11-19-13(3)14-5-7-15(8-6-14)20-17(22)21-16-9-10-16/h5-8,12-13,16,19,23H,9-11H2,1-4H3,(H2,20,21,22). The van der Waals surface area contributed by atoms with Gasteiger partial charge in [-0.05, 0) is 50.3 Å². The van der Waals surface area contributed by atoms with E-state index in [1.165, 1.54) is 0 Å². The lowest BCUT2D eigenvalue weighted by Crippen LogP contribution is -2.42. The van der Waals surface area contributed by atoms with Gasteiger partial charge in [0.05, 0.1) is 5.60 Å². The van der Waals surface area contributed by atoms with Crippen molar-refractivity contribution in [1.82, 2.24) is 10.6 Å². The molecule has 2 atom stereocenters. The average Bonchev–Trinajstić information content (AvgIpc) is 3.29. The minimum Gasteiger partial charge on any atom is -0.389 e. The van der Waals surface area contributed by atoms with Crippen LogP contribution in [-0.2, 0) is 0 Å². The molecule has 0 spiro atoms. The van der Waals surface area contributed by atoms with E-state index >= 15 is 0 Å². The van der Waals surface area contributed by atoms with Crippen molar-refractivity contribution in [2.45, 2.75) is 58.2 Å². The van der Waals surface area contributed by atoms with Gasteiger partial charge in [-0.3, -0.25) is 0 Å². The molecule has 5 nitrogen and oxygen atoms in total. The molecule has 2 unspecified atom stereocenters. The molecule has 0 aromatic heterocycles. The van der Waals surface area contributed by atoms with Crippen molar-refractivity contribution >= 4 is 11.7 Å². The first-order chi connectivity index (χ1) is 10.8. The van der Waals surface area contributed by atoms with Crippen LogP contribution >= 0.6 is 0 Å². The lowest BCUT2D eigenvalue weighted by molar-refractivity contribution is 0.0122. The summed E-state index contributed by atoms with van der Waals surface area (Å²) in [5.41, 5.74) is 1.18. The van der Waals surface area contributed by atoms with Crippen molar-refractivity contribution in [3.05, 3.63) is 29.8 Å². The molecule has 1 aliphatic rings. The number of benzene rings is 1. The number of carbonyl (C=O) groups excluding carboxylic acids is 1. The molecule has 1 aliphatic carbocycles. The van der Waals surface area contributed by atoms with Gasteiger partial charge in [-0.15, -0.1) is 0 Å². The molecule has 5 heteroatoms. The number of amides is 2. The Morgan fingerprint density at radius 3 is 2.39 bits per heavy atom. The SMILES string of the molecule is CC(NCC(C)(O)C(C)C)c1ccc(NC(=O)NC2CC2)cc1. The van der Waals surface area contributed by atoms with Gasteiger partial charge in [-0.1, -0.05) is 26.0 Å². The van der Waals surface area contributed by atoms with Gasteiger partial charge in [-0.25, -0.2) is 4.79 Å². The molecule has 1 saturated carbocycles. The fourth-order valence-electron chi connectivity index (χ4n) is 2.12. The molecule has 1 aromatic rings. The first-order valence-electron chi connectivity index (χ1n) is 8.41. The first-order valence-corrected chi connectivity index (χ1v) is 8.41. The number of nitrogens with one attached hydrogen (secondary N) is 3. The lowest BCUT2D eigenvalue weighted by Gasteiger charge is -2.29. The molecule has 2 rings (SSSR count). The zero-order chi connectivity index (χ0) is 17.0. The van der Waals surface area contributed by atoms with E-state index in [0.717, 1.165) is 24.1 Å². The summed E-state index contributed by atoms with van der Waals surface area (Å²) in [7, 11) is 0. The second-order valence-corrected chi connectivity index (χ2v) is 7.11. The summed E-state index contributed by atoms with van der Waals surface area (Å²) >= 11 is 0. The highest BCUT2D eigenvalue weighted by Crippen LogP contribution is 2.21. The van der Waals surface area contributed by atoms with Crippen LogP contribution in [0, 0.1) is 5.92 Å². The highest BCUT2D eigenvalue weighted by atomic mass is 16.3. The van der Waals surface area contributed by atoms with Crippen LogP contribution in [0.3, 0.4) is 0 Å². The maximum atomic E-state index is 11.7. The van der Waals surface area contributed by atoms with E-state index in [1.807, 2.05) is 45.0 Å². The Bertz CT molecular complexity index is 522. The Hall–Kier alpha value is -1.59. The molecule has 0 heterocycles. The third-order valence-corrected chi connectivity index (χ3v) is 4.59. The summed E-state index contributed by atoms with van der Waals surface area (Å²) in [4.78, 5) is 11.7. The average molecular weight is 319 g/mol. The Morgan fingerprint density at radius 1 is 1.26 bits per heavy atom. The minimum absolute atomic E-state index is 0.134. The highest BCUT2D eigenvalue weighted by Gasteiger charge is 2.25. The van der Waals surface area contributed by atoms with Gasteiger partial charge in [-0.2, -0.15) is 0 Å². The van der Waals surface area contributed by atoms with Gasteiger partial charge in [0.1, 0.15) is 0 Å². The topological polar surface area (TPSA) is 73.4 Å². The normalized spacial score (nSPS) is 18.3. The maximum Gasteiger partial charge on any atom is 0.319 e. The Balaban J connectivity index is 1.84. The molecule has 0 saturated heterocycles. The number of aliphatic hydroxyl groups is 1. The van der Waals surface area contributed by atoms with E-state index < -0.39 is 5.60 Å². The zero-order valence-electron chi connectivity index (χ0n) is 14.5. The predicted molar refractivity (Wildman–Crippen MR) is 93.5 cm³/mol. The van der Waals surface area contributed by atoms with Crippen LogP contribution in [0.1, 0.15) is 52.1 Å². The van der Waals surface area contributed by atoms with Crippen molar-refractivity contribution in [2.24, 2.45) is 5.92 Å². The third kappa shape index (κ3) is 5.52. The highest BCUT2D eigenvalue weighted by molar-refractivity contribution is 5.89. The number of rotatable bonds is 7. The molecule has 1 aromatic carbocycles. The smallest absolute Gasteiger partial charge is 0.319 e. The summed E-state index contributed by atoms with van der Waals surface area (Å²) in [6, 6.07) is 8.14. The maximum absolute atomic E-state index is 11.7. The summed E-state index contributed by atoms with van der Waals surface area (Å²) in [5.74, 6) is 0.193. The number of carbonyl (C=O) groups is 1. The van der Waals surface area contributed by atoms with Crippen LogP contribution in [0.2, 0.25) is 0 Å². The van der Waals surface area contributed by atoms with Gasteiger partial charge in [0.15, 0.2) is 0 Å². The van der Waals surface area contributed by atoms with Gasteiger partial charge < -0.3 is 21.1 Å². The predicted octanol–water partition coefficient (Wildman–Crippen LogP) is 3.03. The van der Waals surface area contributed by atoms with Crippen LogP contribution in [-0.4, -0.2) is 29.3 Å². The Kier molecular flexibility index (Phi) is 5.65. The summed E-state index contributed by atoms with van der Waals surface area (Å²) in [5, 5.41) is 19.4. The molecule has 4 N–H and O–H groups in total. The van der Waals surface area contributed by atoms with E-state index in [-0.39, 0.29) is 18.0 Å². The van der Waals surface area contributed by atoms with Crippen LogP contribution in [0.4, 0.5) is 10.5 Å². The van der Waals surface area contributed by atoms with Crippen molar-refractivity contribution in [3.63, 3.8) is 0 Å². The molecular weight excluding hydrogens is 290 g/mol. The van der Waals surface area contributed by atoms with Crippen molar-refractivity contribution < 1.29 is 9.90 Å². The van der Waals surface area contributed by atoms with Crippen LogP contribution in [0.15, 0.2) is 24.3 Å². The number of anilines is 1.